The Hall–Kier alpha value is -4.20. The van der Waals surface area contributed by atoms with Gasteiger partial charge in [-0.2, -0.15) is 0 Å². The van der Waals surface area contributed by atoms with E-state index in [2.05, 4.69) is 5.32 Å². The number of aryl methyl sites for hydroxylation is 1. The first kappa shape index (κ1) is 21.0. The monoisotopic (exact) mass is 433 g/mol. The van der Waals surface area contributed by atoms with E-state index in [-0.39, 0.29) is 11.3 Å². The van der Waals surface area contributed by atoms with Gasteiger partial charge in [-0.1, -0.05) is 17.7 Å². The van der Waals surface area contributed by atoms with Crippen LogP contribution in [0.1, 0.15) is 11.3 Å². The van der Waals surface area contributed by atoms with Crippen molar-refractivity contribution in [1.29, 1.82) is 0 Å². The van der Waals surface area contributed by atoms with Crippen molar-refractivity contribution >= 4 is 29.6 Å². The summed E-state index contributed by atoms with van der Waals surface area (Å²) in [5.74, 6) is -1.33. The Kier molecular flexibility index (Phi) is 5.85. The second-order valence-electron chi connectivity index (χ2n) is 7.22. The SMILES string of the molecule is Cc1ccc(OCCn2cccc2/C=C2/C(=O)NC(=O)N(c3ccc(F)cc3)C2=O)cc1. The number of anilines is 1. The maximum Gasteiger partial charge on any atom is 0.335 e. The smallest absolute Gasteiger partial charge is 0.335 e. The number of nitrogens with zero attached hydrogens (tertiary/aromatic N) is 2. The summed E-state index contributed by atoms with van der Waals surface area (Å²) in [4.78, 5) is 38.4. The number of ether oxygens (including phenoxy) is 1. The average Bonchev–Trinajstić information content (AvgIpc) is 3.21. The Bertz CT molecular complexity index is 1200. The summed E-state index contributed by atoms with van der Waals surface area (Å²) in [6, 6.07) is 15.2. The molecule has 1 aliphatic rings. The fourth-order valence-corrected chi connectivity index (χ4v) is 3.29. The van der Waals surface area contributed by atoms with Gasteiger partial charge in [0.15, 0.2) is 0 Å². The Morgan fingerprint density at radius 2 is 1.72 bits per heavy atom. The van der Waals surface area contributed by atoms with Crippen LogP contribution in [0.5, 0.6) is 5.75 Å². The Morgan fingerprint density at radius 1 is 1.00 bits per heavy atom. The summed E-state index contributed by atoms with van der Waals surface area (Å²) in [5.41, 5.74) is 1.70. The first-order chi connectivity index (χ1) is 15.4. The van der Waals surface area contributed by atoms with Gasteiger partial charge in [0, 0.05) is 11.9 Å². The molecule has 0 spiro atoms. The van der Waals surface area contributed by atoms with Crippen LogP contribution >= 0.6 is 0 Å². The number of hydrogen-bond acceptors (Lipinski definition) is 4. The number of hydrogen-bond donors (Lipinski definition) is 1. The van der Waals surface area contributed by atoms with Crippen LogP contribution in [-0.2, 0) is 16.1 Å². The third-order valence-corrected chi connectivity index (χ3v) is 4.97. The van der Waals surface area contributed by atoms with Gasteiger partial charge in [0.25, 0.3) is 11.8 Å². The second-order valence-corrected chi connectivity index (χ2v) is 7.22. The fraction of sp³-hybridized carbons (Fsp3) is 0.125. The molecule has 0 radical (unpaired) electrons. The third kappa shape index (κ3) is 4.44. The average molecular weight is 433 g/mol. The molecule has 4 amide bonds. The highest BCUT2D eigenvalue weighted by molar-refractivity contribution is 6.39. The summed E-state index contributed by atoms with van der Waals surface area (Å²) in [5, 5.41) is 2.16. The molecular weight excluding hydrogens is 413 g/mol. The molecule has 3 aromatic rings. The number of imide groups is 2. The zero-order valence-electron chi connectivity index (χ0n) is 17.2. The molecule has 1 aromatic heterocycles. The quantitative estimate of drug-likeness (QED) is 0.475. The molecule has 1 saturated heterocycles. The van der Waals surface area contributed by atoms with Crippen molar-refractivity contribution in [3.63, 3.8) is 0 Å². The number of halogens is 1. The van der Waals surface area contributed by atoms with Gasteiger partial charge in [-0.05, 0) is 61.5 Å². The van der Waals surface area contributed by atoms with E-state index >= 15 is 0 Å². The molecular formula is C24H20FN3O4. The molecule has 0 aliphatic carbocycles. The normalized spacial score (nSPS) is 15.2. The van der Waals surface area contributed by atoms with Crippen molar-refractivity contribution in [3.05, 3.63) is 89.5 Å². The predicted octanol–water partition coefficient (Wildman–Crippen LogP) is 3.68. The van der Waals surface area contributed by atoms with Crippen molar-refractivity contribution in [3.8, 4) is 5.75 Å². The number of barbiturate groups is 1. The number of nitrogens with one attached hydrogen (secondary N) is 1. The highest BCUT2D eigenvalue weighted by atomic mass is 19.1. The van der Waals surface area contributed by atoms with Crippen molar-refractivity contribution in [1.82, 2.24) is 9.88 Å². The molecule has 162 valence electrons. The lowest BCUT2D eigenvalue weighted by Gasteiger charge is -2.26. The summed E-state index contributed by atoms with van der Waals surface area (Å²) in [6.07, 6.45) is 3.23. The topological polar surface area (TPSA) is 80.6 Å². The van der Waals surface area contributed by atoms with E-state index in [9.17, 15) is 18.8 Å². The zero-order valence-corrected chi connectivity index (χ0v) is 17.2. The van der Waals surface area contributed by atoms with Crippen LogP contribution in [0.4, 0.5) is 14.9 Å². The lowest BCUT2D eigenvalue weighted by molar-refractivity contribution is -0.122. The number of urea groups is 1. The third-order valence-electron chi connectivity index (χ3n) is 4.97. The van der Waals surface area contributed by atoms with E-state index < -0.39 is 23.7 Å². The second kappa shape index (κ2) is 8.89. The lowest BCUT2D eigenvalue weighted by atomic mass is 10.1. The molecule has 7 nitrogen and oxygen atoms in total. The van der Waals surface area contributed by atoms with Gasteiger partial charge in [0.1, 0.15) is 23.7 Å². The minimum absolute atomic E-state index is 0.161. The number of amides is 4. The summed E-state index contributed by atoms with van der Waals surface area (Å²) in [7, 11) is 0. The van der Waals surface area contributed by atoms with Crippen LogP contribution in [0.15, 0.2) is 72.4 Å². The molecule has 1 fully saturated rings. The van der Waals surface area contributed by atoms with Crippen molar-refractivity contribution < 1.29 is 23.5 Å². The van der Waals surface area contributed by atoms with Crippen LogP contribution in [0, 0.1) is 12.7 Å². The van der Waals surface area contributed by atoms with E-state index in [1.54, 1.807) is 18.3 Å². The molecule has 0 unspecified atom stereocenters. The Morgan fingerprint density at radius 3 is 2.44 bits per heavy atom. The van der Waals surface area contributed by atoms with Gasteiger partial charge in [0.05, 0.1) is 12.2 Å². The highest BCUT2D eigenvalue weighted by Crippen LogP contribution is 2.22. The van der Waals surface area contributed by atoms with E-state index in [0.29, 0.717) is 18.8 Å². The van der Waals surface area contributed by atoms with Gasteiger partial charge in [0.2, 0.25) is 0 Å². The van der Waals surface area contributed by atoms with E-state index in [1.165, 1.54) is 18.2 Å². The van der Waals surface area contributed by atoms with Crippen molar-refractivity contribution in [2.24, 2.45) is 0 Å². The number of carbonyl (C=O) groups is 3. The van der Waals surface area contributed by atoms with Crippen molar-refractivity contribution in [2.75, 3.05) is 11.5 Å². The maximum atomic E-state index is 13.2. The van der Waals surface area contributed by atoms with E-state index in [1.807, 2.05) is 35.8 Å². The summed E-state index contributed by atoms with van der Waals surface area (Å²) in [6.45, 7) is 2.86. The molecule has 0 saturated carbocycles. The van der Waals surface area contributed by atoms with Crippen LogP contribution in [0.2, 0.25) is 0 Å². The van der Waals surface area contributed by atoms with Gasteiger partial charge in [-0.25, -0.2) is 14.1 Å². The molecule has 2 aromatic carbocycles. The Balaban J connectivity index is 1.52. The Labute approximate surface area is 183 Å². The minimum Gasteiger partial charge on any atom is -0.492 e. The van der Waals surface area contributed by atoms with Crippen LogP contribution < -0.4 is 15.0 Å². The summed E-state index contributed by atoms with van der Waals surface area (Å²) < 4.78 is 20.8. The highest BCUT2D eigenvalue weighted by Gasteiger charge is 2.36. The van der Waals surface area contributed by atoms with Crippen molar-refractivity contribution in [2.45, 2.75) is 13.5 Å². The zero-order chi connectivity index (χ0) is 22.7. The van der Waals surface area contributed by atoms with Gasteiger partial charge in [-0.15, -0.1) is 0 Å². The number of carbonyl (C=O) groups excluding carboxylic acids is 3. The molecule has 2 heterocycles. The largest absolute Gasteiger partial charge is 0.492 e. The molecule has 1 aliphatic heterocycles. The van der Waals surface area contributed by atoms with Gasteiger partial charge >= 0.3 is 6.03 Å². The fourth-order valence-electron chi connectivity index (χ4n) is 3.29. The number of rotatable bonds is 6. The number of benzene rings is 2. The first-order valence-corrected chi connectivity index (χ1v) is 9.94. The molecule has 0 atom stereocenters. The predicted molar refractivity (Wildman–Crippen MR) is 117 cm³/mol. The molecule has 32 heavy (non-hydrogen) atoms. The number of aromatic nitrogens is 1. The van der Waals surface area contributed by atoms with Crippen LogP contribution in [0.25, 0.3) is 6.08 Å². The maximum absolute atomic E-state index is 13.2. The van der Waals surface area contributed by atoms with E-state index in [4.69, 9.17) is 4.74 Å². The lowest BCUT2D eigenvalue weighted by Crippen LogP contribution is -2.54. The molecule has 4 rings (SSSR count). The molecule has 1 N–H and O–H groups in total. The summed E-state index contributed by atoms with van der Waals surface area (Å²) >= 11 is 0. The van der Waals surface area contributed by atoms with Crippen LogP contribution in [-0.4, -0.2) is 29.0 Å². The van der Waals surface area contributed by atoms with Crippen LogP contribution in [0.3, 0.4) is 0 Å². The molecule has 0 bridgehead atoms. The van der Waals surface area contributed by atoms with Gasteiger partial charge in [-0.3, -0.25) is 14.9 Å². The van der Waals surface area contributed by atoms with E-state index in [0.717, 1.165) is 28.3 Å². The molecule has 8 heteroatoms. The first-order valence-electron chi connectivity index (χ1n) is 9.94. The van der Waals surface area contributed by atoms with Gasteiger partial charge < -0.3 is 9.30 Å². The standard InChI is InChI=1S/C24H20FN3O4/c1-16-4-10-20(11-5-16)32-14-13-27-12-2-3-19(27)15-21-22(29)26-24(31)28(23(21)30)18-8-6-17(25)7-9-18/h2-12,15H,13-14H2,1H3,(H,26,29,31)/b21-15-. The minimum atomic E-state index is -0.884.